The first kappa shape index (κ1) is 24.1. The van der Waals surface area contributed by atoms with Crippen molar-refractivity contribution < 1.29 is 39.2 Å². The highest BCUT2D eigenvalue weighted by Gasteiger charge is 2.68. The van der Waals surface area contributed by atoms with Gasteiger partial charge in [0.2, 0.25) is 5.78 Å². The molecule has 3 saturated carbocycles. The Bertz CT molecular complexity index is 908. The Kier molecular flexibility index (Phi) is 6.06. The zero-order chi connectivity index (χ0) is 24.2. The first-order valence-electron chi connectivity index (χ1n) is 12.0. The molecule has 4 aliphatic rings. The maximum absolute atomic E-state index is 13.1. The summed E-state index contributed by atoms with van der Waals surface area (Å²) in [6, 6.07) is 0. The number of ether oxygens (including phenoxy) is 1. The van der Waals surface area contributed by atoms with Crippen molar-refractivity contribution in [3.63, 3.8) is 0 Å². The lowest BCUT2D eigenvalue weighted by atomic mass is 9.45. The normalized spacial score (nSPS) is 41.9. The first-order valence-corrected chi connectivity index (χ1v) is 12.0. The molecular formula is C25H34O8. The van der Waals surface area contributed by atoms with Gasteiger partial charge in [-0.1, -0.05) is 19.4 Å². The number of aliphatic carboxylic acids is 1. The highest BCUT2D eigenvalue weighted by Crippen LogP contribution is 2.67. The monoisotopic (exact) mass is 462 g/mol. The van der Waals surface area contributed by atoms with E-state index in [1.807, 2.05) is 6.92 Å². The third-order valence-electron chi connectivity index (χ3n) is 9.42. The third kappa shape index (κ3) is 3.75. The van der Waals surface area contributed by atoms with E-state index in [1.54, 1.807) is 6.08 Å². The predicted octanol–water partition coefficient (Wildman–Crippen LogP) is 2.20. The maximum atomic E-state index is 13.1. The molecule has 0 heterocycles. The van der Waals surface area contributed by atoms with E-state index >= 15 is 0 Å². The number of hydrogen-bond acceptors (Lipinski definition) is 7. The summed E-state index contributed by atoms with van der Waals surface area (Å²) >= 11 is 0. The number of allylic oxidation sites excluding steroid dienone is 1. The molecule has 0 aromatic heterocycles. The van der Waals surface area contributed by atoms with Crippen molar-refractivity contribution in [3.8, 4) is 0 Å². The SMILES string of the molecule is C[C@@]12CCC(=O)C=C1CC[C@H]1C2[C@H](O)C[C@]2(C)C1CC[C@@]2(O)C(=O)COC(=O)CCC(=O)O. The van der Waals surface area contributed by atoms with Gasteiger partial charge in [-0.15, -0.1) is 0 Å². The number of Topliss-reactive ketones (excluding diaryl/α,β-unsaturated/α-hetero) is 1. The second-order valence-electron chi connectivity index (χ2n) is 11.0. The number of carbonyl (C=O) groups excluding carboxylic acids is 3. The van der Waals surface area contributed by atoms with Gasteiger partial charge in [-0.05, 0) is 67.8 Å². The summed E-state index contributed by atoms with van der Waals surface area (Å²) in [5.41, 5.74) is -1.68. The van der Waals surface area contributed by atoms with Crippen LogP contribution in [-0.4, -0.2) is 57.1 Å². The van der Waals surface area contributed by atoms with Crippen molar-refractivity contribution in [2.45, 2.75) is 83.3 Å². The average Bonchev–Trinajstić information content (AvgIpc) is 3.02. The largest absolute Gasteiger partial charge is 0.481 e. The summed E-state index contributed by atoms with van der Waals surface area (Å²) in [5.74, 6) is -2.20. The quantitative estimate of drug-likeness (QED) is 0.511. The molecule has 2 unspecified atom stereocenters. The van der Waals surface area contributed by atoms with Crippen LogP contribution >= 0.6 is 0 Å². The molecule has 0 bridgehead atoms. The number of hydrogen-bond donors (Lipinski definition) is 3. The van der Waals surface area contributed by atoms with E-state index < -0.39 is 41.4 Å². The number of rotatable bonds is 6. The molecule has 7 atom stereocenters. The molecule has 0 radical (unpaired) electrons. The summed E-state index contributed by atoms with van der Waals surface area (Å²) in [7, 11) is 0. The zero-order valence-electron chi connectivity index (χ0n) is 19.3. The van der Waals surface area contributed by atoms with E-state index in [0.717, 1.165) is 24.8 Å². The van der Waals surface area contributed by atoms with Crippen LogP contribution in [0.4, 0.5) is 0 Å². The van der Waals surface area contributed by atoms with Crippen LogP contribution in [0.25, 0.3) is 0 Å². The minimum Gasteiger partial charge on any atom is -0.481 e. The van der Waals surface area contributed by atoms with Crippen LogP contribution in [0.5, 0.6) is 0 Å². The lowest BCUT2D eigenvalue weighted by molar-refractivity contribution is -0.184. The zero-order valence-corrected chi connectivity index (χ0v) is 19.3. The minimum absolute atomic E-state index is 0.0185. The second-order valence-corrected chi connectivity index (χ2v) is 11.0. The fraction of sp³-hybridized carbons (Fsp3) is 0.760. The van der Waals surface area contributed by atoms with E-state index in [0.29, 0.717) is 12.8 Å². The lowest BCUT2D eigenvalue weighted by Crippen LogP contribution is -2.62. The Morgan fingerprint density at radius 1 is 1.12 bits per heavy atom. The third-order valence-corrected chi connectivity index (χ3v) is 9.42. The summed E-state index contributed by atoms with van der Waals surface area (Å²) in [5, 5.41) is 31.6. The highest BCUT2D eigenvalue weighted by molar-refractivity contribution is 5.92. The van der Waals surface area contributed by atoms with Crippen molar-refractivity contribution in [3.05, 3.63) is 11.6 Å². The van der Waals surface area contributed by atoms with Crippen LogP contribution < -0.4 is 0 Å². The molecule has 4 rings (SSSR count). The standard InChI is InChI=1S/C25H34O8/c1-23-9-7-15(26)11-14(23)3-4-16-17-8-10-25(32,24(17,2)12-18(27)22(16)23)19(28)13-33-21(31)6-5-20(29)30/h11,16-18,22,27,32H,3-10,12-13H2,1-2H3,(H,29,30)/t16-,17?,18-,22?,23-,24-,25-/m1/s1. The van der Waals surface area contributed by atoms with Gasteiger partial charge in [-0.25, -0.2) is 0 Å². The van der Waals surface area contributed by atoms with Crippen molar-refractivity contribution >= 4 is 23.5 Å². The molecule has 0 aliphatic heterocycles. The summed E-state index contributed by atoms with van der Waals surface area (Å²) < 4.78 is 4.97. The summed E-state index contributed by atoms with van der Waals surface area (Å²) in [6.45, 7) is 3.41. The Balaban J connectivity index is 1.53. The number of ketones is 2. The molecule has 182 valence electrons. The van der Waals surface area contributed by atoms with Gasteiger partial charge in [-0.2, -0.15) is 0 Å². The van der Waals surface area contributed by atoms with Crippen LogP contribution in [0, 0.1) is 28.6 Å². The van der Waals surface area contributed by atoms with E-state index in [2.05, 4.69) is 6.92 Å². The molecule has 3 fully saturated rings. The summed E-state index contributed by atoms with van der Waals surface area (Å²) in [4.78, 5) is 47.5. The molecule has 4 aliphatic carbocycles. The predicted molar refractivity (Wildman–Crippen MR) is 116 cm³/mol. The topological polar surface area (TPSA) is 138 Å². The van der Waals surface area contributed by atoms with Gasteiger partial charge < -0.3 is 20.1 Å². The Hall–Kier alpha value is -2.06. The molecule has 8 heteroatoms. The number of carboxylic acids is 1. The fourth-order valence-corrected chi connectivity index (χ4v) is 7.70. The number of carboxylic acid groups (broad SMARTS) is 1. The molecule has 0 aromatic rings. The van der Waals surface area contributed by atoms with E-state index in [-0.39, 0.29) is 54.6 Å². The second kappa shape index (κ2) is 8.31. The van der Waals surface area contributed by atoms with Crippen LogP contribution in [0.2, 0.25) is 0 Å². The van der Waals surface area contributed by atoms with Crippen LogP contribution in [-0.2, 0) is 23.9 Å². The van der Waals surface area contributed by atoms with Crippen molar-refractivity contribution in [2.75, 3.05) is 6.61 Å². The van der Waals surface area contributed by atoms with Gasteiger partial charge in [0, 0.05) is 11.8 Å². The number of aliphatic hydroxyl groups is 2. The van der Waals surface area contributed by atoms with Crippen LogP contribution in [0.3, 0.4) is 0 Å². The Morgan fingerprint density at radius 2 is 1.85 bits per heavy atom. The molecule has 0 spiro atoms. The molecule has 33 heavy (non-hydrogen) atoms. The number of esters is 1. The van der Waals surface area contributed by atoms with E-state index in [9.17, 15) is 29.4 Å². The fourth-order valence-electron chi connectivity index (χ4n) is 7.70. The van der Waals surface area contributed by atoms with Crippen molar-refractivity contribution in [2.24, 2.45) is 28.6 Å². The highest BCUT2D eigenvalue weighted by atomic mass is 16.5. The first-order chi connectivity index (χ1) is 15.4. The smallest absolute Gasteiger partial charge is 0.306 e. The van der Waals surface area contributed by atoms with Gasteiger partial charge in [0.15, 0.2) is 12.4 Å². The molecule has 0 amide bonds. The maximum Gasteiger partial charge on any atom is 0.306 e. The van der Waals surface area contributed by atoms with Gasteiger partial charge in [0.1, 0.15) is 5.60 Å². The Labute approximate surface area is 193 Å². The van der Waals surface area contributed by atoms with Crippen LogP contribution in [0.1, 0.15) is 71.6 Å². The van der Waals surface area contributed by atoms with Gasteiger partial charge in [0.25, 0.3) is 0 Å². The molecular weight excluding hydrogens is 428 g/mol. The van der Waals surface area contributed by atoms with Gasteiger partial charge >= 0.3 is 11.9 Å². The average molecular weight is 463 g/mol. The van der Waals surface area contributed by atoms with Crippen molar-refractivity contribution in [1.82, 2.24) is 0 Å². The van der Waals surface area contributed by atoms with Gasteiger partial charge in [0.05, 0.1) is 18.9 Å². The number of fused-ring (bicyclic) bond motifs is 5. The number of aliphatic hydroxyl groups excluding tert-OH is 1. The lowest BCUT2D eigenvalue weighted by Gasteiger charge is -2.60. The molecule has 3 N–H and O–H groups in total. The van der Waals surface area contributed by atoms with Crippen LogP contribution in [0.15, 0.2) is 11.6 Å². The molecule has 0 aromatic carbocycles. The summed E-state index contributed by atoms with van der Waals surface area (Å²) in [6.07, 6.45) is 4.30. The van der Waals surface area contributed by atoms with E-state index in [1.165, 1.54) is 0 Å². The Morgan fingerprint density at radius 3 is 2.55 bits per heavy atom. The molecule has 8 nitrogen and oxygen atoms in total. The van der Waals surface area contributed by atoms with Crippen molar-refractivity contribution in [1.29, 1.82) is 0 Å². The van der Waals surface area contributed by atoms with E-state index in [4.69, 9.17) is 9.84 Å². The molecule has 0 saturated heterocycles. The van der Waals surface area contributed by atoms with Gasteiger partial charge in [-0.3, -0.25) is 19.2 Å². The number of carbonyl (C=O) groups is 4. The minimum atomic E-state index is -1.71.